The molecule has 7 rings (SSSR count). The zero-order valence-corrected chi connectivity index (χ0v) is 83.3. The number of allylic oxidation sites excluding steroid dienone is 2. The standard InChI is InChI=1S/C98H148N22O26/c1-62(121)109-70-33-16-14-29-66(122)56-77(117-93(140)74(53-63-57-107-68-31-17-15-30-67(63)68)114-90(137)71(35-24-45-106-98(100)101)110-81(124)58-108-88(135)75(115-89(70)136)54-64-27-22-43-102-64)96(143)120-49-26-37-79(120)97(144)119-48-25-36-78(119)95(142)116-76(55-65-28-23-44-103-65)94(141)113-73(40-41-84(128)129)92(139)112-72(34-19-21-47-118(59-85(130)131)60-86(132)133)91(138)111-69(87(99)134)32-18-20-42-104-82(125)61-146-52-51-145-50-46-105-80(123)38-12-10-8-6-4-2-3-5-7-9-11-13-39-83(126)127/h15,17,27-28,30-31,43-44,57,69-79,107H,2-14,16,18-26,29,32-42,45-56,58-61H2,1H3,(H2,99,134)(H,104,125)(H,105,123)(H,108,135)(H,109,121)(H,110,124)(H,111,138)(H,112,139)(H,113,141)(H,114,137)(H,115,136)(H,116,142)(H,117,140)(H,126,127)(H,128,129)(H,130,131)(H,132,133)(H4,100,101,106)/t69-,70-,71-,72-,73-,74-,75-,76-,77-,78-,79-/m0/s1. The van der Waals surface area contributed by atoms with Gasteiger partial charge in [-0.25, -0.2) is 0 Å². The molecule has 3 fully saturated rings. The number of carbonyl (C=O) groups excluding carboxylic acids is 16. The Kier molecular flexibility index (Phi) is 53.6. The van der Waals surface area contributed by atoms with Crippen molar-refractivity contribution in [3.05, 3.63) is 59.6 Å². The van der Waals surface area contributed by atoms with Gasteiger partial charge in [0.1, 0.15) is 78.9 Å². The lowest BCUT2D eigenvalue weighted by Gasteiger charge is -2.33. The number of amides is 15. The van der Waals surface area contributed by atoms with E-state index in [2.05, 4.69) is 84.1 Å². The van der Waals surface area contributed by atoms with E-state index >= 15 is 19.2 Å². The van der Waals surface area contributed by atoms with Crippen LogP contribution in [0.5, 0.6) is 0 Å². The van der Waals surface area contributed by atoms with Crippen LogP contribution in [0.2, 0.25) is 0 Å². The number of primary amides is 1. The van der Waals surface area contributed by atoms with Crippen molar-refractivity contribution < 1.29 is 126 Å². The van der Waals surface area contributed by atoms with Crippen LogP contribution in [0.4, 0.5) is 0 Å². The maximum atomic E-state index is 15.7. The summed E-state index contributed by atoms with van der Waals surface area (Å²) in [5, 5.41) is 80.5. The maximum Gasteiger partial charge on any atom is 0.317 e. The molecule has 0 unspecified atom stereocenters. The third kappa shape index (κ3) is 45.3. The Hall–Kier alpha value is -13.7. The number of likely N-dealkylation sites (tertiary alicyclic amines) is 2. The number of unbranched alkanes of at least 4 members (excludes halogenated alkanes) is 13. The van der Waals surface area contributed by atoms with Gasteiger partial charge in [-0.15, -0.1) is 0 Å². The molecule has 48 nitrogen and oxygen atoms in total. The van der Waals surface area contributed by atoms with Crippen molar-refractivity contribution >= 4 is 148 Å². The highest BCUT2D eigenvalue weighted by Gasteiger charge is 2.46. The molecule has 1 aromatic carbocycles. The number of aromatic nitrogens is 1. The van der Waals surface area contributed by atoms with E-state index in [9.17, 15) is 92.0 Å². The van der Waals surface area contributed by atoms with Crippen molar-refractivity contribution in [3.63, 3.8) is 0 Å². The van der Waals surface area contributed by atoms with Crippen molar-refractivity contribution in [1.29, 1.82) is 5.41 Å². The Bertz CT molecular complexity index is 4890. The highest BCUT2D eigenvalue weighted by Crippen LogP contribution is 2.29. The minimum atomic E-state index is -1.81. The lowest BCUT2D eigenvalue weighted by atomic mass is 9.99. The Morgan fingerprint density at radius 2 is 1.10 bits per heavy atom. The summed E-state index contributed by atoms with van der Waals surface area (Å²) in [6, 6.07) is -9.56. The number of aliphatic carboxylic acids is 4. The van der Waals surface area contributed by atoms with Crippen LogP contribution in [-0.4, -0.2) is 329 Å². The summed E-state index contributed by atoms with van der Waals surface area (Å²) in [5.74, 6) is -18.2. The molecule has 6 heterocycles. The number of nitrogens with zero attached hydrogens (tertiary/aromatic N) is 5. The summed E-state index contributed by atoms with van der Waals surface area (Å²) < 4.78 is 11.0. The molecular formula is C98H148N22O26. The number of aliphatic imine (C=N–C) groups is 2. The molecule has 146 heavy (non-hydrogen) atoms. The number of guanidine groups is 1. The van der Waals surface area contributed by atoms with Gasteiger partial charge in [-0.3, -0.25) is 116 Å². The molecule has 5 aliphatic rings. The number of Topliss-reactive ketones (excluding diaryl/α,β-unsaturated/α-hetero) is 1. The fourth-order valence-electron chi connectivity index (χ4n) is 17.8. The van der Waals surface area contributed by atoms with E-state index in [1.807, 2.05) is 0 Å². The summed E-state index contributed by atoms with van der Waals surface area (Å²) in [7, 11) is 0. The Morgan fingerprint density at radius 3 is 1.73 bits per heavy atom. The summed E-state index contributed by atoms with van der Waals surface area (Å²) in [6.07, 6.45) is 19.3. The van der Waals surface area contributed by atoms with Gasteiger partial charge in [0.25, 0.3) is 0 Å². The third-order valence-corrected chi connectivity index (χ3v) is 25.4. The molecule has 0 radical (unpaired) electrons. The summed E-state index contributed by atoms with van der Waals surface area (Å²) >= 11 is 0. The molecule has 23 N–H and O–H groups in total. The zero-order chi connectivity index (χ0) is 106. The molecule has 48 heteroatoms. The van der Waals surface area contributed by atoms with Crippen LogP contribution < -0.4 is 80.6 Å². The van der Waals surface area contributed by atoms with E-state index < -0.39 is 224 Å². The first-order valence-electron chi connectivity index (χ1n) is 50.8. The van der Waals surface area contributed by atoms with Crippen LogP contribution in [-0.2, 0) is 112 Å². The zero-order valence-electron chi connectivity index (χ0n) is 83.3. The van der Waals surface area contributed by atoms with Crippen molar-refractivity contribution in [1.82, 2.24) is 88.8 Å². The van der Waals surface area contributed by atoms with Crippen LogP contribution in [0.1, 0.15) is 250 Å². The number of ketones is 1. The molecule has 0 bridgehead atoms. The van der Waals surface area contributed by atoms with E-state index in [0.717, 1.165) is 69.1 Å². The van der Waals surface area contributed by atoms with Crippen molar-refractivity contribution in [2.75, 3.05) is 85.3 Å². The van der Waals surface area contributed by atoms with E-state index in [-0.39, 0.29) is 199 Å². The second-order valence-electron chi connectivity index (χ2n) is 37.2. The molecule has 806 valence electrons. The van der Waals surface area contributed by atoms with Crippen LogP contribution in [0.25, 0.3) is 10.9 Å². The predicted molar refractivity (Wildman–Crippen MR) is 532 cm³/mol. The number of aromatic amines is 1. The van der Waals surface area contributed by atoms with Crippen LogP contribution >= 0.6 is 0 Å². The van der Waals surface area contributed by atoms with Crippen LogP contribution in [0.3, 0.4) is 0 Å². The number of hydrogen-bond donors (Lipinski definition) is 21. The first-order chi connectivity index (χ1) is 70.0. The number of H-pyrrole nitrogens is 1. The first-order valence-corrected chi connectivity index (χ1v) is 50.8. The second kappa shape index (κ2) is 65.7. The largest absolute Gasteiger partial charge is 0.481 e. The van der Waals surface area contributed by atoms with E-state index in [1.165, 1.54) is 35.8 Å². The highest BCUT2D eigenvalue weighted by molar-refractivity contribution is 6.02. The number of rotatable bonds is 62. The van der Waals surface area contributed by atoms with Gasteiger partial charge in [0, 0.05) is 145 Å². The van der Waals surface area contributed by atoms with E-state index in [1.54, 1.807) is 48.8 Å². The van der Waals surface area contributed by atoms with E-state index in [0.29, 0.717) is 48.0 Å². The molecule has 0 spiro atoms. The molecule has 1 aromatic heterocycles. The smallest absolute Gasteiger partial charge is 0.317 e. The Morgan fingerprint density at radius 1 is 0.527 bits per heavy atom. The number of carboxylic acids is 4. The average molecular weight is 2050 g/mol. The predicted octanol–water partition coefficient (Wildman–Crippen LogP) is 0.459. The molecule has 0 aliphatic carbocycles. The van der Waals surface area contributed by atoms with Gasteiger partial charge in [0.15, 0.2) is 5.96 Å². The van der Waals surface area contributed by atoms with Gasteiger partial charge in [0.05, 0.1) is 39.5 Å². The van der Waals surface area contributed by atoms with Gasteiger partial charge in [-0.2, -0.15) is 0 Å². The number of carboxylic acid groups (broad SMARTS) is 4. The minimum Gasteiger partial charge on any atom is -0.481 e. The summed E-state index contributed by atoms with van der Waals surface area (Å²) in [4.78, 5) is 290. The average Bonchev–Trinajstić information content (AvgIpc) is 1.65. The summed E-state index contributed by atoms with van der Waals surface area (Å²) in [6.45, 7) is -0.654. The summed E-state index contributed by atoms with van der Waals surface area (Å²) in [5.41, 5.74) is 13.3. The number of nitrogens with one attached hydrogen (secondary N) is 15. The normalized spacial score (nSPS) is 19.4. The van der Waals surface area contributed by atoms with Gasteiger partial charge in [-0.1, -0.05) is 101 Å². The quantitative estimate of drug-likeness (QED) is 0.0243. The minimum absolute atomic E-state index is 0.000421. The van der Waals surface area contributed by atoms with Crippen LogP contribution in [0.15, 0.2) is 64.0 Å². The van der Waals surface area contributed by atoms with Gasteiger partial charge in [0.2, 0.25) is 88.6 Å². The molecule has 15 amide bonds. The number of hydrogen-bond acceptors (Lipinski definition) is 26. The topological polar surface area (TPSA) is 723 Å². The number of benzene rings is 1. The second-order valence-corrected chi connectivity index (χ2v) is 37.2. The fourth-order valence-corrected chi connectivity index (χ4v) is 17.8. The number of fused-ring (bicyclic) bond motifs is 1. The number of para-hydroxylation sites is 1. The molecule has 2 aromatic rings. The maximum absolute atomic E-state index is 15.7. The first kappa shape index (κ1) is 119. The molecule has 3 saturated heterocycles. The van der Waals surface area contributed by atoms with E-state index in [4.69, 9.17) is 31.5 Å². The van der Waals surface area contributed by atoms with Gasteiger partial charge >= 0.3 is 23.9 Å². The monoisotopic (exact) mass is 2050 g/mol. The molecule has 11 atom stereocenters. The number of ether oxygens (including phenoxy) is 2. The lowest BCUT2D eigenvalue weighted by molar-refractivity contribution is -0.148. The highest BCUT2D eigenvalue weighted by atomic mass is 16.5. The fraction of sp³-hybridized carbons (Fsp3) is 0.643. The van der Waals surface area contributed by atoms with Crippen molar-refractivity contribution in [2.45, 2.75) is 317 Å². The Balaban J connectivity index is 1.02. The number of nitrogens with two attached hydrogens (primary N) is 2. The van der Waals surface area contributed by atoms with Crippen LogP contribution in [0, 0.1) is 5.41 Å². The lowest BCUT2D eigenvalue weighted by Crippen LogP contribution is -2.60. The van der Waals surface area contributed by atoms with Gasteiger partial charge in [-0.05, 0) is 127 Å². The Labute approximate surface area is 847 Å². The SMILES string of the molecule is CC(=O)N[C@H]1CCCCC(=O)C[C@@H](C(=O)N2CCC[C@H]2C(=O)N2CCC[C@H]2C(=O)N[C@@H](CC2=CCC=N2)C(=O)N[C@@H](CCC(=O)O)C(=O)N[C@@H](CCCCN(CC(=O)O)CC(=O)O)C(=O)N[C@@H](CCCCNC(=O)COCCOCCNC(=O)CCCCCCCCCCCCCCC(=O)O)C(N)=O)NC(=O)[C@H](Cc2c[nH]c3ccccc23)NC(=O)[C@H](CCCNC(=N)N)NC(=O)CNC(=O)[C@H](CC2=CCC=N2)NC1=O. The van der Waals surface area contributed by atoms with Crippen molar-refractivity contribution in [2.24, 2.45) is 21.5 Å². The van der Waals surface area contributed by atoms with Crippen molar-refractivity contribution in [3.8, 4) is 0 Å². The molecule has 0 saturated carbocycles. The third-order valence-electron chi connectivity index (χ3n) is 25.4. The van der Waals surface area contributed by atoms with Gasteiger partial charge < -0.3 is 125 Å². The molecular weight excluding hydrogens is 1900 g/mol. The molecule has 5 aliphatic heterocycles. The number of carbonyl (C=O) groups is 20.